The minimum Gasteiger partial charge on any atom is -0.493 e. The maximum atomic E-state index is 11.5. The van der Waals surface area contributed by atoms with Gasteiger partial charge in [-0.2, -0.15) is 0 Å². The second kappa shape index (κ2) is 15.2. The van der Waals surface area contributed by atoms with E-state index < -0.39 is 0 Å². The normalized spacial score (nSPS) is 22.1. The molecule has 3 saturated heterocycles. The van der Waals surface area contributed by atoms with Gasteiger partial charge in [-0.25, -0.2) is 0 Å². The number of carbonyl (C=O) groups is 3. The molecule has 3 N–H and O–H groups in total. The van der Waals surface area contributed by atoms with Crippen molar-refractivity contribution >= 4 is 18.9 Å². The number of hydrogen-bond acceptors (Lipinski definition) is 6. The Morgan fingerprint density at radius 3 is 2.39 bits per heavy atom. The third kappa shape index (κ3) is 9.39. The van der Waals surface area contributed by atoms with Crippen LogP contribution >= 0.6 is 0 Å². The van der Waals surface area contributed by atoms with Gasteiger partial charge in [-0.15, -0.1) is 0 Å². The van der Waals surface area contributed by atoms with Gasteiger partial charge < -0.3 is 25.2 Å². The van der Waals surface area contributed by atoms with E-state index in [4.69, 9.17) is 24.5 Å². The molecule has 3 aliphatic rings. The topological polar surface area (TPSA) is 119 Å². The summed E-state index contributed by atoms with van der Waals surface area (Å²) >= 11 is 0. The lowest BCUT2D eigenvalue weighted by Crippen LogP contribution is -2.32. The van der Waals surface area contributed by atoms with Crippen molar-refractivity contribution in [1.82, 2.24) is 15.1 Å². The fourth-order valence-electron chi connectivity index (χ4n) is 4.78. The van der Waals surface area contributed by atoms with Crippen LogP contribution in [-0.4, -0.2) is 84.2 Å². The highest BCUT2D eigenvalue weighted by Gasteiger charge is 2.39. The van der Waals surface area contributed by atoms with E-state index in [0.29, 0.717) is 18.4 Å². The van der Waals surface area contributed by atoms with E-state index in [1.165, 1.54) is 50.9 Å². The van der Waals surface area contributed by atoms with Crippen molar-refractivity contribution in [2.24, 2.45) is 5.92 Å². The van der Waals surface area contributed by atoms with Crippen LogP contribution < -0.4 is 10.1 Å². The summed E-state index contributed by atoms with van der Waals surface area (Å²) in [7, 11) is 0. The van der Waals surface area contributed by atoms with Gasteiger partial charge in [-0.1, -0.05) is 24.6 Å². The van der Waals surface area contributed by atoms with E-state index in [-0.39, 0.29) is 18.9 Å². The zero-order chi connectivity index (χ0) is 23.9. The molecule has 0 spiro atoms. The first-order valence-electron chi connectivity index (χ1n) is 11.7. The summed E-state index contributed by atoms with van der Waals surface area (Å²) < 4.78 is 6.13. The number of hydrogen-bond donors (Lipinski definition) is 3. The SMILES string of the molecule is O=C1C[C@H]2CN(Cc3ccccc3OCCCCN3CCCCC3)C[C@H]2N1.O=CO.O=CO. The number of unbranched alkanes of at least 4 members (excludes halogenated alkanes) is 1. The smallest absolute Gasteiger partial charge is 0.290 e. The van der Waals surface area contributed by atoms with E-state index >= 15 is 0 Å². The van der Waals surface area contributed by atoms with E-state index in [2.05, 4.69) is 39.4 Å². The van der Waals surface area contributed by atoms with E-state index in [9.17, 15) is 4.79 Å². The second-order valence-corrected chi connectivity index (χ2v) is 8.61. The molecular weight excluding hydrogens is 426 g/mol. The van der Waals surface area contributed by atoms with Crippen LogP contribution in [0.3, 0.4) is 0 Å². The zero-order valence-electron chi connectivity index (χ0n) is 19.2. The Hall–Kier alpha value is -2.65. The van der Waals surface area contributed by atoms with Crippen LogP contribution in [-0.2, 0) is 20.9 Å². The number of nitrogens with one attached hydrogen (secondary N) is 1. The van der Waals surface area contributed by atoms with Crippen molar-refractivity contribution in [3.8, 4) is 5.75 Å². The van der Waals surface area contributed by atoms with Crippen molar-refractivity contribution in [1.29, 1.82) is 0 Å². The Labute approximate surface area is 195 Å². The highest BCUT2D eigenvalue weighted by atomic mass is 16.5. The Bertz CT molecular complexity index is 704. The molecule has 1 aromatic rings. The molecule has 0 bridgehead atoms. The summed E-state index contributed by atoms with van der Waals surface area (Å²) in [4.78, 5) is 33.3. The Morgan fingerprint density at radius 2 is 1.70 bits per heavy atom. The van der Waals surface area contributed by atoms with Crippen LogP contribution in [0, 0.1) is 5.92 Å². The maximum Gasteiger partial charge on any atom is 0.290 e. The van der Waals surface area contributed by atoms with Gasteiger partial charge >= 0.3 is 0 Å². The first kappa shape index (κ1) is 26.6. The van der Waals surface area contributed by atoms with Gasteiger partial charge in [0.15, 0.2) is 0 Å². The first-order valence-corrected chi connectivity index (χ1v) is 11.7. The third-order valence-electron chi connectivity index (χ3n) is 6.25. The van der Waals surface area contributed by atoms with Crippen molar-refractivity contribution in [2.75, 3.05) is 39.3 Å². The summed E-state index contributed by atoms with van der Waals surface area (Å²) in [5, 5.41) is 16.9. The Morgan fingerprint density at radius 1 is 1.00 bits per heavy atom. The van der Waals surface area contributed by atoms with Crippen molar-refractivity contribution in [2.45, 2.75) is 51.1 Å². The number of nitrogens with zero attached hydrogens (tertiary/aromatic N) is 2. The quantitative estimate of drug-likeness (QED) is 0.396. The van der Waals surface area contributed by atoms with E-state index in [1.54, 1.807) is 0 Å². The van der Waals surface area contributed by atoms with Gasteiger partial charge in [0.25, 0.3) is 12.9 Å². The molecule has 0 unspecified atom stereocenters. The maximum absolute atomic E-state index is 11.5. The molecule has 184 valence electrons. The lowest BCUT2D eigenvalue weighted by molar-refractivity contribution is -0.123. The van der Waals surface area contributed by atoms with Crippen LogP contribution in [0.4, 0.5) is 0 Å². The van der Waals surface area contributed by atoms with Gasteiger partial charge in [0, 0.05) is 43.6 Å². The number of carbonyl (C=O) groups excluding carboxylic acids is 1. The van der Waals surface area contributed by atoms with Gasteiger partial charge in [-0.3, -0.25) is 19.3 Å². The van der Waals surface area contributed by atoms with Crippen LogP contribution in [0.2, 0.25) is 0 Å². The number of likely N-dealkylation sites (tertiary alicyclic amines) is 2. The number of benzene rings is 1. The molecule has 3 aliphatic heterocycles. The largest absolute Gasteiger partial charge is 0.493 e. The Balaban J connectivity index is 0.000000582. The number of rotatable bonds is 8. The lowest BCUT2D eigenvalue weighted by atomic mass is 10.1. The molecular formula is C24H37N3O6. The van der Waals surface area contributed by atoms with Gasteiger partial charge in [0.1, 0.15) is 5.75 Å². The predicted octanol–water partition coefficient (Wildman–Crippen LogP) is 2.05. The Kier molecular flexibility index (Phi) is 12.3. The van der Waals surface area contributed by atoms with Gasteiger partial charge in [0.2, 0.25) is 5.91 Å². The standard InChI is InChI=1S/C22H33N3O2.2CH2O2/c26-22-14-19-16-25(17-20(19)23-22)15-18-8-2-3-9-21(18)27-13-7-6-12-24-10-4-1-5-11-24;2*2-1-3/h2-3,8-9,19-20H,1,4-7,10-17H2,(H,23,26);2*1H,(H,2,3)/t19-,20+;;/m0../s1. The van der Waals surface area contributed by atoms with E-state index in [0.717, 1.165) is 38.4 Å². The molecule has 9 nitrogen and oxygen atoms in total. The molecule has 3 fully saturated rings. The van der Waals surface area contributed by atoms with Crippen molar-refractivity contribution in [3.05, 3.63) is 29.8 Å². The minimum absolute atomic E-state index is 0.220. The molecule has 33 heavy (non-hydrogen) atoms. The highest BCUT2D eigenvalue weighted by molar-refractivity contribution is 5.79. The number of ether oxygens (including phenoxy) is 1. The summed E-state index contributed by atoms with van der Waals surface area (Å²) in [6.07, 6.45) is 7.16. The molecule has 1 aromatic carbocycles. The summed E-state index contributed by atoms with van der Waals surface area (Å²) in [5.74, 6) is 1.73. The number of carboxylic acid groups (broad SMARTS) is 2. The molecule has 9 heteroatoms. The molecule has 0 saturated carbocycles. The molecule has 0 aliphatic carbocycles. The van der Waals surface area contributed by atoms with Crippen LogP contribution in [0.25, 0.3) is 0 Å². The molecule has 3 heterocycles. The number of fused-ring (bicyclic) bond motifs is 1. The average molecular weight is 464 g/mol. The van der Waals surface area contributed by atoms with Crippen LogP contribution in [0.1, 0.15) is 44.1 Å². The fourth-order valence-corrected chi connectivity index (χ4v) is 4.78. The van der Waals surface area contributed by atoms with Crippen LogP contribution in [0.15, 0.2) is 24.3 Å². The summed E-state index contributed by atoms with van der Waals surface area (Å²) in [6.45, 7) is 6.95. The summed E-state index contributed by atoms with van der Waals surface area (Å²) in [5.41, 5.74) is 1.26. The molecule has 0 aromatic heterocycles. The number of amides is 1. The van der Waals surface area contributed by atoms with Crippen molar-refractivity contribution < 1.29 is 29.3 Å². The van der Waals surface area contributed by atoms with Gasteiger partial charge in [0.05, 0.1) is 6.61 Å². The molecule has 1 amide bonds. The third-order valence-corrected chi connectivity index (χ3v) is 6.25. The lowest BCUT2D eigenvalue weighted by Gasteiger charge is -2.26. The number of piperidine rings is 1. The predicted molar refractivity (Wildman–Crippen MR) is 124 cm³/mol. The number of para-hydroxylation sites is 1. The molecule has 4 rings (SSSR count). The average Bonchev–Trinajstić information content (AvgIpc) is 3.33. The van der Waals surface area contributed by atoms with E-state index in [1.807, 2.05) is 0 Å². The first-order chi connectivity index (χ1) is 16.1. The fraction of sp³-hybridized carbons (Fsp3) is 0.625. The minimum atomic E-state index is -0.250. The molecule has 0 radical (unpaired) electrons. The highest BCUT2D eigenvalue weighted by Crippen LogP contribution is 2.28. The molecule has 2 atom stereocenters. The van der Waals surface area contributed by atoms with Gasteiger partial charge in [-0.05, 0) is 51.4 Å². The second-order valence-electron chi connectivity index (χ2n) is 8.61. The summed E-state index contributed by atoms with van der Waals surface area (Å²) in [6, 6.07) is 8.78. The van der Waals surface area contributed by atoms with Crippen molar-refractivity contribution in [3.63, 3.8) is 0 Å². The monoisotopic (exact) mass is 463 g/mol. The van der Waals surface area contributed by atoms with Crippen LogP contribution in [0.5, 0.6) is 5.75 Å². The zero-order valence-corrected chi connectivity index (χ0v) is 19.2.